The van der Waals surface area contributed by atoms with E-state index in [9.17, 15) is 0 Å². The Morgan fingerprint density at radius 2 is 2.26 bits per heavy atom. The average Bonchev–Trinajstić information content (AvgIpc) is 2.47. The molecule has 0 amide bonds. The highest BCUT2D eigenvalue weighted by molar-refractivity contribution is 5.58. The fourth-order valence-corrected chi connectivity index (χ4v) is 2.77. The Bertz CT molecular complexity index is 406. The van der Waals surface area contributed by atoms with Gasteiger partial charge < -0.3 is 15.0 Å². The average molecular weight is 262 g/mol. The molecule has 3 heteroatoms. The van der Waals surface area contributed by atoms with Gasteiger partial charge in [-0.1, -0.05) is 19.1 Å². The zero-order valence-electron chi connectivity index (χ0n) is 12.4. The van der Waals surface area contributed by atoms with Gasteiger partial charge in [0.25, 0.3) is 0 Å². The summed E-state index contributed by atoms with van der Waals surface area (Å²) in [6.45, 7) is 8.39. The van der Waals surface area contributed by atoms with Crippen LogP contribution in [0.4, 0.5) is 5.69 Å². The van der Waals surface area contributed by atoms with Crippen molar-refractivity contribution in [1.29, 1.82) is 0 Å². The number of fused-ring (bicyclic) bond motifs is 1. The van der Waals surface area contributed by atoms with Crippen LogP contribution in [-0.2, 0) is 17.7 Å². The highest BCUT2D eigenvalue weighted by atomic mass is 16.5. The summed E-state index contributed by atoms with van der Waals surface area (Å²) < 4.78 is 5.28. The number of nitrogens with zero attached hydrogens (tertiary/aromatic N) is 1. The number of anilines is 1. The zero-order chi connectivity index (χ0) is 13.7. The molecule has 0 aliphatic carbocycles. The van der Waals surface area contributed by atoms with Gasteiger partial charge in [0.15, 0.2) is 0 Å². The van der Waals surface area contributed by atoms with Crippen LogP contribution in [0.5, 0.6) is 0 Å². The van der Waals surface area contributed by atoms with E-state index in [4.69, 9.17) is 4.74 Å². The van der Waals surface area contributed by atoms with E-state index in [2.05, 4.69) is 42.3 Å². The highest BCUT2D eigenvalue weighted by Crippen LogP contribution is 2.28. The van der Waals surface area contributed by atoms with Crippen molar-refractivity contribution < 1.29 is 4.74 Å². The van der Waals surface area contributed by atoms with E-state index in [0.717, 1.165) is 39.1 Å². The van der Waals surface area contributed by atoms with Gasteiger partial charge in [-0.15, -0.1) is 0 Å². The second kappa shape index (κ2) is 6.92. The van der Waals surface area contributed by atoms with Gasteiger partial charge in [-0.25, -0.2) is 0 Å². The van der Waals surface area contributed by atoms with Gasteiger partial charge in [0, 0.05) is 31.9 Å². The zero-order valence-corrected chi connectivity index (χ0v) is 12.4. The molecule has 1 heterocycles. The van der Waals surface area contributed by atoms with Gasteiger partial charge >= 0.3 is 0 Å². The Hall–Kier alpha value is -1.06. The van der Waals surface area contributed by atoms with Crippen LogP contribution in [0.25, 0.3) is 0 Å². The van der Waals surface area contributed by atoms with Gasteiger partial charge in [-0.05, 0) is 43.5 Å². The molecular weight excluding hydrogens is 236 g/mol. The molecule has 0 saturated carbocycles. The fraction of sp³-hybridized carbons (Fsp3) is 0.625. The summed E-state index contributed by atoms with van der Waals surface area (Å²) in [6, 6.07) is 7.25. The number of ether oxygens (including phenoxy) is 1. The van der Waals surface area contributed by atoms with Gasteiger partial charge in [0.05, 0.1) is 6.61 Å². The van der Waals surface area contributed by atoms with E-state index in [1.165, 1.54) is 16.8 Å². The molecule has 0 aromatic heterocycles. The lowest BCUT2D eigenvalue weighted by Gasteiger charge is -2.34. The molecular formula is C16H26N2O. The molecule has 2 rings (SSSR count). The van der Waals surface area contributed by atoms with Gasteiger partial charge in [-0.3, -0.25) is 0 Å². The van der Waals surface area contributed by atoms with Crippen LogP contribution in [0.2, 0.25) is 0 Å². The molecule has 19 heavy (non-hydrogen) atoms. The molecule has 1 aromatic carbocycles. The third-order valence-electron chi connectivity index (χ3n) is 4.08. The summed E-state index contributed by atoms with van der Waals surface area (Å²) in [6.07, 6.45) is 2.29. The van der Waals surface area contributed by atoms with Crippen LogP contribution in [0.15, 0.2) is 18.2 Å². The molecule has 1 aromatic rings. The standard InChI is InChI=1S/C16H26N2O/c1-4-13(2)18(10-11-19-3)16-7-5-6-14-12-17-9-8-15(14)16/h5-7,13,17H,4,8-12H2,1-3H3. The van der Waals surface area contributed by atoms with Crippen molar-refractivity contribution in [3.63, 3.8) is 0 Å². The van der Waals surface area contributed by atoms with Gasteiger partial charge in [0.1, 0.15) is 0 Å². The summed E-state index contributed by atoms with van der Waals surface area (Å²) in [5.41, 5.74) is 4.39. The minimum absolute atomic E-state index is 0.552. The highest BCUT2D eigenvalue weighted by Gasteiger charge is 2.19. The minimum Gasteiger partial charge on any atom is -0.383 e. The quantitative estimate of drug-likeness (QED) is 0.853. The molecule has 1 N–H and O–H groups in total. The first kappa shape index (κ1) is 14.4. The Labute approximate surface area is 116 Å². The predicted octanol–water partition coefficient (Wildman–Crippen LogP) is 2.58. The molecule has 1 aliphatic heterocycles. The first-order chi connectivity index (χ1) is 9.27. The van der Waals surface area contributed by atoms with Crippen LogP contribution >= 0.6 is 0 Å². The van der Waals surface area contributed by atoms with Crippen LogP contribution in [0, 0.1) is 0 Å². The van der Waals surface area contributed by atoms with E-state index in [0.29, 0.717) is 6.04 Å². The van der Waals surface area contributed by atoms with Crippen LogP contribution < -0.4 is 10.2 Å². The Morgan fingerprint density at radius 3 is 3.00 bits per heavy atom. The van der Waals surface area contributed by atoms with E-state index in [1.807, 2.05) is 0 Å². The third kappa shape index (κ3) is 3.28. The summed E-state index contributed by atoms with van der Waals surface area (Å²) in [7, 11) is 1.78. The largest absolute Gasteiger partial charge is 0.383 e. The summed E-state index contributed by atoms with van der Waals surface area (Å²) in [5, 5.41) is 3.45. The molecule has 1 aliphatic rings. The molecule has 0 radical (unpaired) electrons. The van der Waals surface area contributed by atoms with Crippen molar-refractivity contribution in [2.75, 3.05) is 31.7 Å². The molecule has 0 saturated heterocycles. The molecule has 1 atom stereocenters. The summed E-state index contributed by atoms with van der Waals surface area (Å²) in [4.78, 5) is 2.51. The van der Waals surface area contributed by atoms with Crippen molar-refractivity contribution in [3.05, 3.63) is 29.3 Å². The second-order valence-corrected chi connectivity index (χ2v) is 5.29. The van der Waals surface area contributed by atoms with E-state index in [1.54, 1.807) is 7.11 Å². The molecule has 0 bridgehead atoms. The Morgan fingerprint density at radius 1 is 1.42 bits per heavy atom. The number of benzene rings is 1. The maximum Gasteiger partial charge on any atom is 0.0637 e. The Kier molecular flexibility index (Phi) is 5.23. The maximum atomic E-state index is 5.28. The van der Waals surface area contributed by atoms with E-state index >= 15 is 0 Å². The smallest absolute Gasteiger partial charge is 0.0637 e. The van der Waals surface area contributed by atoms with E-state index in [-0.39, 0.29) is 0 Å². The topological polar surface area (TPSA) is 24.5 Å². The molecule has 0 spiro atoms. The number of methoxy groups -OCH3 is 1. The molecule has 3 nitrogen and oxygen atoms in total. The Balaban J connectivity index is 2.29. The summed E-state index contributed by atoms with van der Waals surface area (Å²) in [5.74, 6) is 0. The van der Waals surface area contributed by atoms with Crippen molar-refractivity contribution in [1.82, 2.24) is 5.32 Å². The first-order valence-corrected chi connectivity index (χ1v) is 7.35. The predicted molar refractivity (Wildman–Crippen MR) is 80.8 cm³/mol. The lowest BCUT2D eigenvalue weighted by molar-refractivity contribution is 0.203. The SMILES string of the molecule is CCC(C)N(CCOC)c1cccc2c1CCNC2. The fourth-order valence-electron chi connectivity index (χ4n) is 2.77. The number of hydrogen-bond donors (Lipinski definition) is 1. The lowest BCUT2D eigenvalue weighted by Crippen LogP contribution is -2.37. The van der Waals surface area contributed by atoms with Crippen LogP contribution in [-0.4, -0.2) is 32.8 Å². The first-order valence-electron chi connectivity index (χ1n) is 7.35. The second-order valence-electron chi connectivity index (χ2n) is 5.29. The third-order valence-corrected chi connectivity index (χ3v) is 4.08. The van der Waals surface area contributed by atoms with Crippen LogP contribution in [0.1, 0.15) is 31.4 Å². The van der Waals surface area contributed by atoms with Crippen molar-refractivity contribution in [2.24, 2.45) is 0 Å². The molecule has 106 valence electrons. The van der Waals surface area contributed by atoms with Gasteiger partial charge in [0.2, 0.25) is 0 Å². The van der Waals surface area contributed by atoms with Crippen molar-refractivity contribution in [3.8, 4) is 0 Å². The number of nitrogens with one attached hydrogen (secondary N) is 1. The van der Waals surface area contributed by atoms with Crippen molar-refractivity contribution in [2.45, 2.75) is 39.3 Å². The number of rotatable bonds is 6. The number of hydrogen-bond acceptors (Lipinski definition) is 3. The molecule has 0 fully saturated rings. The monoisotopic (exact) mass is 262 g/mol. The normalized spacial score (nSPS) is 15.9. The van der Waals surface area contributed by atoms with Crippen LogP contribution in [0.3, 0.4) is 0 Å². The summed E-state index contributed by atoms with van der Waals surface area (Å²) >= 11 is 0. The molecule has 1 unspecified atom stereocenters. The lowest BCUT2D eigenvalue weighted by atomic mass is 9.97. The van der Waals surface area contributed by atoms with Gasteiger partial charge in [-0.2, -0.15) is 0 Å². The van der Waals surface area contributed by atoms with Crippen molar-refractivity contribution >= 4 is 5.69 Å². The minimum atomic E-state index is 0.552. The maximum absolute atomic E-state index is 5.28. The van der Waals surface area contributed by atoms with E-state index < -0.39 is 0 Å².